The van der Waals surface area contributed by atoms with Crippen molar-refractivity contribution in [3.05, 3.63) is 59.9 Å². The number of hydrogen-bond donors (Lipinski definition) is 1. The van der Waals surface area contributed by atoms with Gasteiger partial charge in [-0.1, -0.05) is 32.0 Å². The normalized spacial score (nSPS) is 12.0. The minimum Gasteiger partial charge on any atom is -0.378 e. The minimum atomic E-state index is 0.00215. The number of aryl methyl sites for hydroxylation is 1. The summed E-state index contributed by atoms with van der Waals surface area (Å²) in [5.41, 5.74) is 3.40. The Kier molecular flexibility index (Phi) is 6.36. The fourth-order valence-electron chi connectivity index (χ4n) is 2.66. The Morgan fingerprint density at radius 3 is 2.42 bits per heavy atom. The van der Waals surface area contributed by atoms with Gasteiger partial charge in [-0.15, -0.1) is 0 Å². The first-order chi connectivity index (χ1) is 11.5. The molecular formula is C20H27N3O. The Labute approximate surface area is 144 Å². The predicted octanol–water partition coefficient (Wildman–Crippen LogP) is 3.59. The van der Waals surface area contributed by atoms with Gasteiger partial charge < -0.3 is 10.2 Å². The molecule has 1 unspecified atom stereocenters. The van der Waals surface area contributed by atoms with Crippen molar-refractivity contribution in [2.75, 3.05) is 19.0 Å². The molecule has 2 aromatic rings. The zero-order valence-electron chi connectivity index (χ0n) is 15.0. The number of benzene rings is 1. The number of nitrogens with zero attached hydrogens (tertiary/aromatic N) is 2. The van der Waals surface area contributed by atoms with E-state index in [4.69, 9.17) is 0 Å². The van der Waals surface area contributed by atoms with Crippen LogP contribution in [0.4, 0.5) is 5.69 Å². The van der Waals surface area contributed by atoms with Crippen LogP contribution in [0.1, 0.15) is 37.4 Å². The summed E-state index contributed by atoms with van der Waals surface area (Å²) in [6.07, 6.45) is 4.81. The minimum absolute atomic E-state index is 0.00215. The average Bonchev–Trinajstić information content (AvgIpc) is 2.58. The van der Waals surface area contributed by atoms with Crippen molar-refractivity contribution in [1.82, 2.24) is 10.3 Å². The number of amides is 1. The lowest BCUT2D eigenvalue weighted by atomic mass is 9.97. The van der Waals surface area contributed by atoms with Crippen molar-refractivity contribution in [1.29, 1.82) is 0 Å². The Morgan fingerprint density at radius 2 is 1.88 bits per heavy atom. The van der Waals surface area contributed by atoms with E-state index in [0.717, 1.165) is 12.0 Å². The Hall–Kier alpha value is -2.36. The van der Waals surface area contributed by atoms with E-state index >= 15 is 0 Å². The van der Waals surface area contributed by atoms with E-state index in [2.05, 4.69) is 53.3 Å². The molecule has 1 amide bonds. The summed E-state index contributed by atoms with van der Waals surface area (Å²) in [5.74, 6) is 0.395. The summed E-state index contributed by atoms with van der Waals surface area (Å²) in [7, 11) is 4.04. The van der Waals surface area contributed by atoms with E-state index in [1.54, 1.807) is 6.20 Å². The van der Waals surface area contributed by atoms with Crippen LogP contribution in [0.5, 0.6) is 0 Å². The maximum absolute atomic E-state index is 12.3. The summed E-state index contributed by atoms with van der Waals surface area (Å²) < 4.78 is 0. The number of carbonyl (C=O) groups is 1. The van der Waals surface area contributed by atoms with Gasteiger partial charge in [0.2, 0.25) is 5.91 Å². The quantitative estimate of drug-likeness (QED) is 0.846. The first kappa shape index (κ1) is 18.0. The summed E-state index contributed by atoms with van der Waals surface area (Å²) >= 11 is 0. The van der Waals surface area contributed by atoms with Crippen LogP contribution in [0.3, 0.4) is 0 Å². The van der Waals surface area contributed by atoms with E-state index in [9.17, 15) is 4.79 Å². The van der Waals surface area contributed by atoms with E-state index in [0.29, 0.717) is 12.3 Å². The molecule has 0 saturated heterocycles. The molecule has 0 aliphatic carbocycles. The van der Waals surface area contributed by atoms with Gasteiger partial charge in [-0.25, -0.2) is 0 Å². The highest BCUT2D eigenvalue weighted by atomic mass is 16.1. The van der Waals surface area contributed by atoms with Crippen molar-refractivity contribution >= 4 is 11.6 Å². The van der Waals surface area contributed by atoms with Crippen molar-refractivity contribution in [2.24, 2.45) is 5.92 Å². The van der Waals surface area contributed by atoms with Crippen LogP contribution in [0.25, 0.3) is 0 Å². The molecular weight excluding hydrogens is 298 g/mol. The van der Waals surface area contributed by atoms with Crippen molar-refractivity contribution < 1.29 is 4.79 Å². The Bertz CT molecular complexity index is 636. The van der Waals surface area contributed by atoms with Crippen LogP contribution < -0.4 is 10.2 Å². The fraction of sp³-hybridized carbons (Fsp3) is 0.400. The molecule has 0 saturated carbocycles. The molecule has 0 spiro atoms. The van der Waals surface area contributed by atoms with Crippen LogP contribution in [-0.2, 0) is 11.2 Å². The van der Waals surface area contributed by atoms with Crippen LogP contribution in [0, 0.1) is 5.92 Å². The number of nitrogens with one attached hydrogen (secondary N) is 1. The van der Waals surface area contributed by atoms with Crippen LogP contribution in [0.15, 0.2) is 48.8 Å². The summed E-state index contributed by atoms with van der Waals surface area (Å²) in [6.45, 7) is 4.22. The number of hydrogen-bond acceptors (Lipinski definition) is 3. The largest absolute Gasteiger partial charge is 0.378 e. The van der Waals surface area contributed by atoms with Crippen molar-refractivity contribution in [3.63, 3.8) is 0 Å². The highest BCUT2D eigenvalue weighted by Gasteiger charge is 2.18. The number of anilines is 1. The van der Waals surface area contributed by atoms with Gasteiger partial charge in [0.15, 0.2) is 0 Å². The van der Waals surface area contributed by atoms with Gasteiger partial charge in [0.05, 0.1) is 6.04 Å². The van der Waals surface area contributed by atoms with Crippen LogP contribution in [0.2, 0.25) is 0 Å². The third kappa shape index (κ3) is 5.08. The molecule has 1 heterocycles. The molecule has 1 aromatic heterocycles. The van der Waals surface area contributed by atoms with Gasteiger partial charge in [0, 0.05) is 38.6 Å². The third-order valence-electron chi connectivity index (χ3n) is 4.12. The maximum atomic E-state index is 12.3. The molecule has 0 fully saturated rings. The average molecular weight is 325 g/mol. The summed E-state index contributed by atoms with van der Waals surface area (Å²) in [4.78, 5) is 18.6. The molecule has 1 aromatic carbocycles. The SMILES string of the molecule is CC(C)C(NC(=O)CCc1ccc(N(C)C)cc1)c1cccnc1. The molecule has 128 valence electrons. The first-order valence-corrected chi connectivity index (χ1v) is 8.43. The Morgan fingerprint density at radius 1 is 1.17 bits per heavy atom. The lowest BCUT2D eigenvalue weighted by molar-refractivity contribution is -0.122. The third-order valence-corrected chi connectivity index (χ3v) is 4.12. The zero-order valence-corrected chi connectivity index (χ0v) is 15.0. The van der Waals surface area contributed by atoms with E-state index in [-0.39, 0.29) is 11.9 Å². The van der Waals surface area contributed by atoms with Gasteiger partial charge in [0.25, 0.3) is 0 Å². The number of pyridine rings is 1. The maximum Gasteiger partial charge on any atom is 0.220 e. The van der Waals surface area contributed by atoms with Gasteiger partial charge in [0.1, 0.15) is 0 Å². The zero-order chi connectivity index (χ0) is 17.5. The molecule has 4 heteroatoms. The molecule has 0 aliphatic rings. The van der Waals surface area contributed by atoms with Crippen LogP contribution >= 0.6 is 0 Å². The molecule has 24 heavy (non-hydrogen) atoms. The highest BCUT2D eigenvalue weighted by Crippen LogP contribution is 2.21. The molecule has 4 nitrogen and oxygen atoms in total. The Balaban J connectivity index is 1.92. The summed E-state index contributed by atoms with van der Waals surface area (Å²) in [6, 6.07) is 12.3. The second kappa shape index (κ2) is 8.48. The lowest BCUT2D eigenvalue weighted by Crippen LogP contribution is -2.31. The molecule has 2 rings (SSSR count). The number of aromatic nitrogens is 1. The van der Waals surface area contributed by atoms with Crippen LogP contribution in [-0.4, -0.2) is 25.0 Å². The van der Waals surface area contributed by atoms with Gasteiger partial charge >= 0.3 is 0 Å². The van der Waals surface area contributed by atoms with Gasteiger partial charge in [-0.2, -0.15) is 0 Å². The monoisotopic (exact) mass is 325 g/mol. The number of carbonyl (C=O) groups excluding carboxylic acids is 1. The van der Waals surface area contributed by atoms with Crippen molar-refractivity contribution in [2.45, 2.75) is 32.7 Å². The van der Waals surface area contributed by atoms with Crippen molar-refractivity contribution in [3.8, 4) is 0 Å². The first-order valence-electron chi connectivity index (χ1n) is 8.43. The molecule has 0 aliphatic heterocycles. The van der Waals surface area contributed by atoms with E-state index in [1.807, 2.05) is 32.4 Å². The molecule has 0 radical (unpaired) electrons. The van der Waals surface area contributed by atoms with E-state index < -0.39 is 0 Å². The topological polar surface area (TPSA) is 45.2 Å². The van der Waals surface area contributed by atoms with Gasteiger partial charge in [-0.05, 0) is 41.7 Å². The second-order valence-corrected chi connectivity index (χ2v) is 6.64. The molecule has 0 bridgehead atoms. The van der Waals surface area contributed by atoms with E-state index in [1.165, 1.54) is 11.3 Å². The second-order valence-electron chi connectivity index (χ2n) is 6.64. The molecule has 1 atom stereocenters. The number of rotatable bonds is 7. The fourth-order valence-corrected chi connectivity index (χ4v) is 2.66. The standard InChI is InChI=1S/C20H27N3O/c1-15(2)20(17-6-5-13-21-14-17)22-19(24)12-9-16-7-10-18(11-8-16)23(3)4/h5-8,10-11,13-15,20H,9,12H2,1-4H3,(H,22,24). The summed E-state index contributed by atoms with van der Waals surface area (Å²) in [5, 5.41) is 3.15. The predicted molar refractivity (Wildman–Crippen MR) is 99.0 cm³/mol. The van der Waals surface area contributed by atoms with Gasteiger partial charge in [-0.3, -0.25) is 9.78 Å². The lowest BCUT2D eigenvalue weighted by Gasteiger charge is -2.22. The highest BCUT2D eigenvalue weighted by molar-refractivity contribution is 5.76. The molecule has 1 N–H and O–H groups in total. The smallest absolute Gasteiger partial charge is 0.220 e.